The van der Waals surface area contributed by atoms with Crippen molar-refractivity contribution < 1.29 is 9.53 Å². The van der Waals surface area contributed by atoms with Gasteiger partial charge < -0.3 is 20.3 Å². The van der Waals surface area contributed by atoms with E-state index in [0.29, 0.717) is 10.7 Å². The molecule has 0 spiro atoms. The van der Waals surface area contributed by atoms with Crippen LogP contribution >= 0.6 is 12.2 Å². The number of para-hydroxylation sites is 1. The van der Waals surface area contributed by atoms with Crippen LogP contribution < -0.4 is 15.4 Å². The van der Waals surface area contributed by atoms with Crippen LogP contribution in [0.5, 0.6) is 5.75 Å². The van der Waals surface area contributed by atoms with Gasteiger partial charge in [0.05, 0.1) is 18.7 Å². The van der Waals surface area contributed by atoms with E-state index in [2.05, 4.69) is 10.6 Å². The normalized spacial score (nSPS) is 17.9. The lowest BCUT2D eigenvalue weighted by atomic mass is 9.94. The summed E-state index contributed by atoms with van der Waals surface area (Å²) in [6.07, 6.45) is 0. The highest BCUT2D eigenvalue weighted by atomic mass is 32.1. The molecule has 1 aromatic carbocycles. The number of amides is 1. The van der Waals surface area contributed by atoms with Crippen molar-refractivity contribution in [3.8, 4) is 5.75 Å². The first-order chi connectivity index (χ1) is 9.95. The summed E-state index contributed by atoms with van der Waals surface area (Å²) in [6, 6.07) is 7.28. The lowest BCUT2D eigenvalue weighted by molar-refractivity contribution is -0.125. The second-order valence-electron chi connectivity index (χ2n) is 5.01. The summed E-state index contributed by atoms with van der Waals surface area (Å²) in [5.41, 5.74) is 2.28. The van der Waals surface area contributed by atoms with Crippen molar-refractivity contribution in [2.24, 2.45) is 0 Å². The molecule has 1 aliphatic heterocycles. The van der Waals surface area contributed by atoms with Gasteiger partial charge >= 0.3 is 0 Å². The van der Waals surface area contributed by atoms with Crippen LogP contribution in [0.2, 0.25) is 0 Å². The van der Waals surface area contributed by atoms with Crippen molar-refractivity contribution in [1.82, 2.24) is 15.5 Å². The van der Waals surface area contributed by atoms with Gasteiger partial charge in [-0.3, -0.25) is 4.79 Å². The number of hydrogen-bond acceptors (Lipinski definition) is 3. The minimum atomic E-state index is -0.329. The Balaban J connectivity index is 2.55. The van der Waals surface area contributed by atoms with Crippen molar-refractivity contribution in [2.45, 2.75) is 13.0 Å². The number of carbonyl (C=O) groups is 1. The predicted molar refractivity (Wildman–Crippen MR) is 86.0 cm³/mol. The number of benzene rings is 1. The molecule has 5 nitrogen and oxygen atoms in total. The van der Waals surface area contributed by atoms with E-state index in [4.69, 9.17) is 17.0 Å². The van der Waals surface area contributed by atoms with E-state index in [9.17, 15) is 4.79 Å². The maximum atomic E-state index is 12.5. The molecular weight excluding hydrogens is 286 g/mol. The molecule has 21 heavy (non-hydrogen) atoms. The Kier molecular flexibility index (Phi) is 4.47. The molecule has 0 fully saturated rings. The number of nitrogens with one attached hydrogen (secondary N) is 2. The smallest absolute Gasteiger partial charge is 0.253 e. The zero-order chi connectivity index (χ0) is 15.6. The van der Waals surface area contributed by atoms with Crippen molar-refractivity contribution in [2.75, 3.05) is 21.2 Å². The first-order valence-corrected chi connectivity index (χ1v) is 6.99. The maximum absolute atomic E-state index is 12.5. The number of thiocarbonyl (C=S) groups is 1. The SMILES string of the molecule is COc1ccccc1C1NC(=S)NC(C)=C1C(=O)N(C)C. The van der Waals surface area contributed by atoms with Gasteiger partial charge in [0, 0.05) is 25.4 Å². The van der Waals surface area contributed by atoms with E-state index in [0.717, 1.165) is 17.0 Å². The molecule has 1 amide bonds. The highest BCUT2D eigenvalue weighted by Crippen LogP contribution is 2.33. The number of likely N-dealkylation sites (N-methyl/N-ethyl adjacent to an activating group) is 1. The highest BCUT2D eigenvalue weighted by Gasteiger charge is 2.32. The predicted octanol–water partition coefficient (Wildman–Crippen LogP) is 1.58. The monoisotopic (exact) mass is 305 g/mol. The Bertz CT molecular complexity index is 611. The van der Waals surface area contributed by atoms with E-state index >= 15 is 0 Å². The van der Waals surface area contributed by atoms with Crippen LogP contribution in [0.1, 0.15) is 18.5 Å². The van der Waals surface area contributed by atoms with Gasteiger partial charge in [-0.05, 0) is 25.2 Å². The Morgan fingerprint density at radius 3 is 2.62 bits per heavy atom. The topological polar surface area (TPSA) is 53.6 Å². The molecule has 1 unspecified atom stereocenters. The minimum Gasteiger partial charge on any atom is -0.496 e. The third-order valence-electron chi connectivity index (χ3n) is 3.36. The van der Waals surface area contributed by atoms with Crippen LogP contribution in [0.15, 0.2) is 35.5 Å². The summed E-state index contributed by atoms with van der Waals surface area (Å²) in [4.78, 5) is 14.1. The van der Waals surface area contributed by atoms with Crippen LogP contribution in [-0.4, -0.2) is 37.1 Å². The lowest BCUT2D eigenvalue weighted by Crippen LogP contribution is -2.46. The first-order valence-electron chi connectivity index (χ1n) is 6.58. The van der Waals surface area contributed by atoms with E-state index in [1.54, 1.807) is 26.1 Å². The molecule has 6 heteroatoms. The Morgan fingerprint density at radius 1 is 1.33 bits per heavy atom. The van der Waals surface area contributed by atoms with Crippen LogP contribution in [-0.2, 0) is 4.79 Å². The molecule has 0 bridgehead atoms. The van der Waals surface area contributed by atoms with E-state index in [1.165, 1.54) is 0 Å². The van der Waals surface area contributed by atoms with Crippen molar-refractivity contribution in [3.05, 3.63) is 41.1 Å². The zero-order valence-electron chi connectivity index (χ0n) is 12.6. The summed E-state index contributed by atoms with van der Waals surface area (Å²) >= 11 is 5.22. The van der Waals surface area contributed by atoms with Gasteiger partial charge in [-0.25, -0.2) is 0 Å². The number of hydrogen-bond donors (Lipinski definition) is 2. The molecule has 0 aliphatic carbocycles. The fourth-order valence-corrected chi connectivity index (χ4v) is 2.63. The molecule has 0 radical (unpaired) electrons. The number of ether oxygens (including phenoxy) is 1. The number of allylic oxidation sites excluding steroid dienone is 1. The second-order valence-corrected chi connectivity index (χ2v) is 5.42. The summed E-state index contributed by atoms with van der Waals surface area (Å²) in [5.74, 6) is 0.655. The van der Waals surface area contributed by atoms with Gasteiger partial charge in [0.2, 0.25) is 0 Å². The molecule has 2 rings (SSSR count). The van der Waals surface area contributed by atoms with Gasteiger partial charge in [0.25, 0.3) is 5.91 Å². The van der Waals surface area contributed by atoms with E-state index in [1.807, 2.05) is 31.2 Å². The second kappa shape index (κ2) is 6.13. The molecule has 1 heterocycles. The zero-order valence-corrected chi connectivity index (χ0v) is 13.4. The summed E-state index contributed by atoms with van der Waals surface area (Å²) in [6.45, 7) is 1.85. The molecule has 1 aromatic rings. The summed E-state index contributed by atoms with van der Waals surface area (Å²) in [5, 5.41) is 6.67. The highest BCUT2D eigenvalue weighted by molar-refractivity contribution is 7.80. The van der Waals surface area contributed by atoms with Crippen molar-refractivity contribution in [1.29, 1.82) is 0 Å². The molecule has 0 saturated carbocycles. The standard InChI is InChI=1S/C15H19N3O2S/c1-9-12(14(19)18(2)3)13(17-15(21)16-9)10-7-5-6-8-11(10)20-4/h5-8,13H,1-4H3,(H2,16,17,21). The van der Waals surface area contributed by atoms with Crippen LogP contribution in [0.3, 0.4) is 0 Å². The lowest BCUT2D eigenvalue weighted by Gasteiger charge is -2.32. The van der Waals surface area contributed by atoms with Crippen LogP contribution in [0.25, 0.3) is 0 Å². The molecule has 0 aromatic heterocycles. The fourth-order valence-electron chi connectivity index (χ4n) is 2.36. The van der Waals surface area contributed by atoms with Crippen LogP contribution in [0.4, 0.5) is 0 Å². The van der Waals surface area contributed by atoms with Gasteiger partial charge in [-0.2, -0.15) is 0 Å². The quantitative estimate of drug-likeness (QED) is 0.830. The summed E-state index contributed by atoms with van der Waals surface area (Å²) < 4.78 is 5.41. The minimum absolute atomic E-state index is 0.0640. The van der Waals surface area contributed by atoms with E-state index < -0.39 is 0 Å². The van der Waals surface area contributed by atoms with Crippen LogP contribution in [0, 0.1) is 0 Å². The molecule has 112 valence electrons. The van der Waals surface area contributed by atoms with E-state index in [-0.39, 0.29) is 11.9 Å². The maximum Gasteiger partial charge on any atom is 0.253 e. The van der Waals surface area contributed by atoms with Gasteiger partial charge in [0.15, 0.2) is 5.11 Å². The third-order valence-corrected chi connectivity index (χ3v) is 3.58. The fraction of sp³-hybridized carbons (Fsp3) is 0.333. The molecule has 1 aliphatic rings. The van der Waals surface area contributed by atoms with Gasteiger partial charge in [-0.1, -0.05) is 18.2 Å². The largest absolute Gasteiger partial charge is 0.496 e. The third kappa shape index (κ3) is 3.00. The number of carbonyl (C=O) groups excluding carboxylic acids is 1. The molecule has 1 atom stereocenters. The van der Waals surface area contributed by atoms with Gasteiger partial charge in [0.1, 0.15) is 5.75 Å². The van der Waals surface area contributed by atoms with Crippen molar-refractivity contribution >= 4 is 23.2 Å². The van der Waals surface area contributed by atoms with Gasteiger partial charge in [-0.15, -0.1) is 0 Å². The molecular formula is C15H19N3O2S. The first kappa shape index (κ1) is 15.3. The Morgan fingerprint density at radius 2 is 2.00 bits per heavy atom. The average molecular weight is 305 g/mol. The Labute approximate surface area is 130 Å². The number of methoxy groups -OCH3 is 1. The molecule has 0 saturated heterocycles. The Hall–Kier alpha value is -2.08. The number of rotatable bonds is 3. The summed E-state index contributed by atoms with van der Waals surface area (Å²) in [7, 11) is 5.08. The number of nitrogens with zero attached hydrogens (tertiary/aromatic N) is 1. The molecule has 2 N–H and O–H groups in total. The van der Waals surface area contributed by atoms with Crippen molar-refractivity contribution in [3.63, 3.8) is 0 Å². The average Bonchev–Trinajstić information content (AvgIpc) is 2.45.